The summed E-state index contributed by atoms with van der Waals surface area (Å²) in [6.45, 7) is 0. The number of carbonyl (C=O) groups excluding carboxylic acids is 1. The van der Waals surface area contributed by atoms with Gasteiger partial charge in [-0.2, -0.15) is 5.10 Å². The van der Waals surface area contributed by atoms with E-state index in [1.54, 1.807) is 42.6 Å². The van der Waals surface area contributed by atoms with Crippen LogP contribution in [0.4, 0.5) is 5.69 Å². The summed E-state index contributed by atoms with van der Waals surface area (Å²) >= 11 is 0. The molecule has 0 fully saturated rings. The second-order valence-electron chi connectivity index (χ2n) is 4.47. The number of nitrogens with zero attached hydrogens (tertiary/aromatic N) is 1. The third kappa shape index (κ3) is 2.39. The van der Waals surface area contributed by atoms with Crippen LogP contribution in [0.5, 0.6) is 0 Å². The molecule has 1 unspecified atom stereocenters. The molecule has 0 aliphatic heterocycles. The minimum Gasteiger partial charge on any atom is -0.378 e. The van der Waals surface area contributed by atoms with Gasteiger partial charge in [-0.15, -0.1) is 0 Å². The number of anilines is 1. The number of aliphatic hydroxyl groups is 1. The van der Waals surface area contributed by atoms with E-state index in [0.29, 0.717) is 11.3 Å². The zero-order chi connectivity index (χ0) is 13.9. The summed E-state index contributed by atoms with van der Waals surface area (Å²) in [7, 11) is 0. The Kier molecular flexibility index (Phi) is 3.18. The number of fused-ring (bicyclic) bond motifs is 1. The number of hydrogen-bond acceptors (Lipinski definition) is 3. The Balaban J connectivity index is 1.78. The summed E-state index contributed by atoms with van der Waals surface area (Å²) in [5.41, 5.74) is 2.08. The van der Waals surface area contributed by atoms with Gasteiger partial charge in [-0.05, 0) is 23.8 Å². The Morgan fingerprint density at radius 2 is 2.00 bits per heavy atom. The molecule has 0 aliphatic carbocycles. The Labute approximate surface area is 115 Å². The number of H-pyrrole nitrogens is 1. The van der Waals surface area contributed by atoms with Crippen LogP contribution in [0.25, 0.3) is 10.9 Å². The van der Waals surface area contributed by atoms with Gasteiger partial charge in [0.15, 0.2) is 6.10 Å². The Morgan fingerprint density at radius 3 is 2.80 bits per heavy atom. The Bertz CT molecular complexity index is 737. The van der Waals surface area contributed by atoms with E-state index in [-0.39, 0.29) is 0 Å². The Hall–Kier alpha value is -2.66. The molecule has 0 radical (unpaired) electrons. The summed E-state index contributed by atoms with van der Waals surface area (Å²) in [4.78, 5) is 12.0. The molecule has 3 rings (SSSR count). The van der Waals surface area contributed by atoms with Crippen LogP contribution in [-0.4, -0.2) is 21.2 Å². The lowest BCUT2D eigenvalue weighted by molar-refractivity contribution is -0.124. The summed E-state index contributed by atoms with van der Waals surface area (Å²) in [5.74, 6) is -0.459. The number of benzene rings is 2. The quantitative estimate of drug-likeness (QED) is 0.681. The number of aliphatic hydroxyl groups excluding tert-OH is 1. The maximum atomic E-state index is 12.0. The van der Waals surface area contributed by atoms with E-state index in [9.17, 15) is 9.90 Å². The number of carbonyl (C=O) groups is 1. The normalized spacial score (nSPS) is 12.2. The van der Waals surface area contributed by atoms with Crippen molar-refractivity contribution in [2.45, 2.75) is 6.10 Å². The molecule has 0 bridgehead atoms. The van der Waals surface area contributed by atoms with Crippen molar-refractivity contribution in [2.75, 3.05) is 5.32 Å². The molecular weight excluding hydrogens is 254 g/mol. The van der Waals surface area contributed by atoms with Gasteiger partial charge in [0.05, 0.1) is 11.7 Å². The van der Waals surface area contributed by atoms with Crippen LogP contribution in [0.1, 0.15) is 11.7 Å². The van der Waals surface area contributed by atoms with E-state index in [2.05, 4.69) is 15.5 Å². The smallest absolute Gasteiger partial charge is 0.257 e. The molecular formula is C15H13N3O2. The van der Waals surface area contributed by atoms with Crippen LogP contribution in [0.3, 0.4) is 0 Å². The van der Waals surface area contributed by atoms with E-state index in [1.807, 2.05) is 12.1 Å². The fourth-order valence-electron chi connectivity index (χ4n) is 2.02. The molecule has 1 atom stereocenters. The largest absolute Gasteiger partial charge is 0.378 e. The van der Waals surface area contributed by atoms with Crippen molar-refractivity contribution < 1.29 is 9.90 Å². The van der Waals surface area contributed by atoms with E-state index in [1.165, 1.54) is 0 Å². The highest BCUT2D eigenvalue weighted by Crippen LogP contribution is 2.19. The second kappa shape index (κ2) is 5.14. The monoisotopic (exact) mass is 267 g/mol. The average Bonchev–Trinajstić information content (AvgIpc) is 2.95. The van der Waals surface area contributed by atoms with Crippen LogP contribution in [0.2, 0.25) is 0 Å². The first kappa shape index (κ1) is 12.4. The zero-order valence-electron chi connectivity index (χ0n) is 10.6. The van der Waals surface area contributed by atoms with Crippen molar-refractivity contribution in [3.8, 4) is 0 Å². The van der Waals surface area contributed by atoms with Crippen molar-refractivity contribution in [2.24, 2.45) is 0 Å². The molecule has 2 aromatic carbocycles. The lowest BCUT2D eigenvalue weighted by Gasteiger charge is -2.11. The van der Waals surface area contributed by atoms with E-state index in [4.69, 9.17) is 0 Å². The SMILES string of the molecule is O=C(Nc1ccc2[nH]ncc2c1)C(O)c1ccccc1. The molecule has 1 heterocycles. The topological polar surface area (TPSA) is 78.0 Å². The van der Waals surface area contributed by atoms with Crippen LogP contribution in [0, 0.1) is 0 Å². The van der Waals surface area contributed by atoms with Gasteiger partial charge < -0.3 is 10.4 Å². The average molecular weight is 267 g/mol. The first-order chi connectivity index (χ1) is 9.74. The Morgan fingerprint density at radius 1 is 1.20 bits per heavy atom. The first-order valence-corrected chi connectivity index (χ1v) is 6.21. The molecule has 0 saturated carbocycles. The summed E-state index contributed by atoms with van der Waals surface area (Å²) in [5, 5.41) is 20.3. The van der Waals surface area contributed by atoms with Crippen LogP contribution in [0.15, 0.2) is 54.7 Å². The molecule has 0 saturated heterocycles. The third-order valence-corrected chi connectivity index (χ3v) is 3.07. The molecule has 0 aliphatic rings. The van der Waals surface area contributed by atoms with Crippen molar-refractivity contribution in [3.05, 3.63) is 60.3 Å². The van der Waals surface area contributed by atoms with Crippen molar-refractivity contribution in [3.63, 3.8) is 0 Å². The third-order valence-electron chi connectivity index (χ3n) is 3.07. The number of nitrogens with one attached hydrogen (secondary N) is 2. The highest BCUT2D eigenvalue weighted by atomic mass is 16.3. The number of amides is 1. The van der Waals surface area contributed by atoms with Gasteiger partial charge in [-0.1, -0.05) is 30.3 Å². The van der Waals surface area contributed by atoms with Gasteiger partial charge in [-0.3, -0.25) is 9.89 Å². The van der Waals surface area contributed by atoms with Gasteiger partial charge in [0.2, 0.25) is 0 Å². The standard InChI is InChI=1S/C15H13N3O2/c19-14(10-4-2-1-3-5-10)15(20)17-12-6-7-13-11(8-12)9-16-18-13/h1-9,14,19H,(H,16,18)(H,17,20). The number of hydrogen-bond donors (Lipinski definition) is 3. The van der Waals surface area contributed by atoms with Gasteiger partial charge in [0.1, 0.15) is 0 Å². The van der Waals surface area contributed by atoms with Crippen LogP contribution < -0.4 is 5.32 Å². The zero-order valence-corrected chi connectivity index (χ0v) is 10.6. The van der Waals surface area contributed by atoms with Gasteiger partial charge in [0, 0.05) is 11.1 Å². The molecule has 5 heteroatoms. The fourth-order valence-corrected chi connectivity index (χ4v) is 2.02. The van der Waals surface area contributed by atoms with Gasteiger partial charge in [0.25, 0.3) is 5.91 Å². The minimum absolute atomic E-state index is 0.459. The number of aromatic amines is 1. The van der Waals surface area contributed by atoms with Gasteiger partial charge >= 0.3 is 0 Å². The van der Waals surface area contributed by atoms with Crippen LogP contribution in [-0.2, 0) is 4.79 Å². The van der Waals surface area contributed by atoms with E-state index >= 15 is 0 Å². The molecule has 20 heavy (non-hydrogen) atoms. The van der Waals surface area contributed by atoms with E-state index in [0.717, 1.165) is 10.9 Å². The van der Waals surface area contributed by atoms with Crippen molar-refractivity contribution in [1.82, 2.24) is 10.2 Å². The summed E-state index contributed by atoms with van der Waals surface area (Å²) in [6, 6.07) is 14.2. The number of rotatable bonds is 3. The predicted octanol–water partition coefficient (Wildman–Crippen LogP) is 2.24. The fraction of sp³-hybridized carbons (Fsp3) is 0.0667. The molecule has 1 amide bonds. The maximum Gasteiger partial charge on any atom is 0.257 e. The molecule has 1 aromatic heterocycles. The lowest BCUT2D eigenvalue weighted by atomic mass is 10.1. The number of aromatic nitrogens is 2. The molecule has 5 nitrogen and oxygen atoms in total. The molecule has 3 N–H and O–H groups in total. The maximum absolute atomic E-state index is 12.0. The van der Waals surface area contributed by atoms with Crippen molar-refractivity contribution >= 4 is 22.5 Å². The molecule has 3 aromatic rings. The highest BCUT2D eigenvalue weighted by Gasteiger charge is 2.17. The lowest BCUT2D eigenvalue weighted by Crippen LogP contribution is -2.20. The van der Waals surface area contributed by atoms with E-state index < -0.39 is 12.0 Å². The molecule has 100 valence electrons. The van der Waals surface area contributed by atoms with Crippen LogP contribution >= 0.6 is 0 Å². The molecule has 0 spiro atoms. The highest BCUT2D eigenvalue weighted by molar-refractivity contribution is 5.96. The summed E-state index contributed by atoms with van der Waals surface area (Å²) in [6.07, 6.45) is 0.495. The predicted molar refractivity (Wildman–Crippen MR) is 76.1 cm³/mol. The second-order valence-corrected chi connectivity index (χ2v) is 4.47. The van der Waals surface area contributed by atoms with Crippen molar-refractivity contribution in [1.29, 1.82) is 0 Å². The van der Waals surface area contributed by atoms with Gasteiger partial charge in [-0.25, -0.2) is 0 Å². The first-order valence-electron chi connectivity index (χ1n) is 6.21. The minimum atomic E-state index is -1.18. The summed E-state index contributed by atoms with van der Waals surface area (Å²) < 4.78 is 0.